The second-order valence-electron chi connectivity index (χ2n) is 9.78. The van der Waals surface area contributed by atoms with Crippen molar-refractivity contribution >= 4 is 5.78 Å². The van der Waals surface area contributed by atoms with Gasteiger partial charge in [-0.1, -0.05) is 61.9 Å². The number of carbonyl (C=O) groups is 1. The fourth-order valence-electron chi connectivity index (χ4n) is 4.84. The highest BCUT2D eigenvalue weighted by molar-refractivity contribution is 6.00. The maximum Gasteiger partial charge on any atom is 0.205 e. The Morgan fingerprint density at radius 2 is 1.82 bits per heavy atom. The third-order valence-electron chi connectivity index (χ3n) is 6.47. The Morgan fingerprint density at radius 1 is 1.12 bits per heavy atom. The molecule has 0 radical (unpaired) electrons. The molecule has 0 saturated carbocycles. The van der Waals surface area contributed by atoms with Crippen molar-refractivity contribution in [1.82, 2.24) is 9.78 Å². The van der Waals surface area contributed by atoms with E-state index >= 15 is 0 Å². The number of ether oxygens (including phenoxy) is 1. The number of benzene rings is 2. The second kappa shape index (κ2) is 8.03. The topological polar surface area (TPSA) is 93.9 Å². The van der Waals surface area contributed by atoms with Crippen LogP contribution in [0, 0.1) is 23.7 Å². The number of Topliss-reactive ketones (excluding diaryl/α,β-unsaturated/α-hetero) is 1. The van der Waals surface area contributed by atoms with Crippen molar-refractivity contribution in [3.05, 3.63) is 94.7 Å². The van der Waals surface area contributed by atoms with Crippen LogP contribution >= 0.6 is 0 Å². The van der Waals surface area contributed by atoms with Gasteiger partial charge in [0.15, 0.2) is 5.78 Å². The van der Waals surface area contributed by atoms with Gasteiger partial charge in [0.1, 0.15) is 17.4 Å². The largest absolute Gasteiger partial charge is 0.444 e. The summed E-state index contributed by atoms with van der Waals surface area (Å²) in [5.41, 5.74) is 11.2. The number of aryl methyl sites for hydroxylation is 1. The van der Waals surface area contributed by atoms with E-state index in [0.29, 0.717) is 29.9 Å². The molecule has 3 aromatic rings. The molecule has 34 heavy (non-hydrogen) atoms. The summed E-state index contributed by atoms with van der Waals surface area (Å²) in [7, 11) is 0. The number of aromatic nitrogens is 2. The minimum atomic E-state index is -0.633. The first-order valence-corrected chi connectivity index (χ1v) is 11.3. The molecule has 1 aliphatic carbocycles. The van der Waals surface area contributed by atoms with Crippen LogP contribution in [-0.4, -0.2) is 15.6 Å². The van der Waals surface area contributed by atoms with Crippen LogP contribution in [0.4, 0.5) is 0 Å². The minimum Gasteiger partial charge on any atom is -0.444 e. The molecular weight excluding hydrogens is 424 g/mol. The van der Waals surface area contributed by atoms with Crippen LogP contribution in [0.2, 0.25) is 0 Å². The van der Waals surface area contributed by atoms with Crippen molar-refractivity contribution in [3.63, 3.8) is 0 Å². The van der Waals surface area contributed by atoms with E-state index in [-0.39, 0.29) is 22.7 Å². The summed E-state index contributed by atoms with van der Waals surface area (Å²) in [6.45, 7) is 6.11. The predicted octanol–water partition coefficient (Wildman–Crippen LogP) is 5.30. The average Bonchev–Trinajstić information content (AvgIpc) is 3.23. The molecule has 5 rings (SSSR count). The van der Waals surface area contributed by atoms with Gasteiger partial charge in [-0.05, 0) is 24.5 Å². The lowest BCUT2D eigenvalue weighted by Crippen LogP contribution is -2.33. The Bertz CT molecular complexity index is 1390. The first-order valence-electron chi connectivity index (χ1n) is 11.3. The molecule has 2 aromatic carbocycles. The number of nitriles is 1. The summed E-state index contributed by atoms with van der Waals surface area (Å²) in [5, 5.41) is 15.0. The highest BCUT2D eigenvalue weighted by Crippen LogP contribution is 2.49. The zero-order chi connectivity index (χ0) is 24.0. The minimum absolute atomic E-state index is 0.0150. The summed E-state index contributed by atoms with van der Waals surface area (Å²) in [5.74, 6) is -0.0333. The van der Waals surface area contributed by atoms with Gasteiger partial charge >= 0.3 is 0 Å². The van der Waals surface area contributed by atoms with Gasteiger partial charge in [-0.2, -0.15) is 10.4 Å². The lowest BCUT2D eigenvalue weighted by molar-refractivity contribution is -0.119. The zero-order valence-corrected chi connectivity index (χ0v) is 19.5. The normalized spacial score (nSPS) is 19.5. The van der Waals surface area contributed by atoms with E-state index in [2.05, 4.69) is 6.07 Å². The summed E-state index contributed by atoms with van der Waals surface area (Å²) in [4.78, 5) is 13.4. The first kappa shape index (κ1) is 21.7. The third-order valence-corrected chi connectivity index (χ3v) is 6.47. The quantitative estimate of drug-likeness (QED) is 0.584. The molecule has 0 saturated heterocycles. The van der Waals surface area contributed by atoms with Gasteiger partial charge in [-0.15, -0.1) is 0 Å². The molecule has 0 spiro atoms. The van der Waals surface area contributed by atoms with E-state index in [1.54, 1.807) is 4.68 Å². The molecule has 1 atom stereocenters. The van der Waals surface area contributed by atoms with Gasteiger partial charge in [-0.3, -0.25) is 4.79 Å². The third kappa shape index (κ3) is 3.69. The number of nitrogens with two attached hydrogens (primary N) is 1. The molecule has 0 bridgehead atoms. The van der Waals surface area contributed by atoms with Crippen LogP contribution in [0.25, 0.3) is 16.9 Å². The Morgan fingerprint density at radius 3 is 2.50 bits per heavy atom. The summed E-state index contributed by atoms with van der Waals surface area (Å²) in [6.07, 6.45) is 2.87. The lowest BCUT2D eigenvalue weighted by atomic mass is 9.70. The molecule has 0 amide bonds. The molecule has 1 aliphatic heterocycles. The van der Waals surface area contributed by atoms with Gasteiger partial charge in [-0.25, -0.2) is 4.68 Å². The van der Waals surface area contributed by atoms with E-state index in [4.69, 9.17) is 15.6 Å². The second-order valence-corrected chi connectivity index (χ2v) is 9.78. The number of allylic oxidation sites excluding steroid dienone is 3. The van der Waals surface area contributed by atoms with E-state index in [0.717, 1.165) is 22.4 Å². The van der Waals surface area contributed by atoms with Crippen molar-refractivity contribution in [2.75, 3.05) is 0 Å². The summed E-state index contributed by atoms with van der Waals surface area (Å²) in [6, 6.07) is 20.1. The van der Waals surface area contributed by atoms with E-state index in [1.165, 1.54) is 0 Å². The van der Waals surface area contributed by atoms with Crippen LogP contribution in [0.5, 0.6) is 0 Å². The highest BCUT2D eigenvalue weighted by atomic mass is 16.5. The molecule has 2 N–H and O–H groups in total. The zero-order valence-electron chi connectivity index (χ0n) is 19.5. The lowest BCUT2D eigenvalue weighted by Gasteiger charge is -2.37. The molecule has 0 fully saturated rings. The average molecular weight is 451 g/mol. The van der Waals surface area contributed by atoms with E-state index in [9.17, 15) is 10.1 Å². The van der Waals surface area contributed by atoms with Crippen molar-refractivity contribution < 1.29 is 9.53 Å². The van der Waals surface area contributed by atoms with Gasteiger partial charge in [0.25, 0.3) is 0 Å². The number of nitrogens with zero attached hydrogens (tertiary/aromatic N) is 3. The maximum atomic E-state index is 13.4. The molecule has 1 aromatic heterocycles. The number of ketones is 1. The number of hydrogen-bond donors (Lipinski definition) is 1. The van der Waals surface area contributed by atoms with Crippen LogP contribution in [0.1, 0.15) is 43.7 Å². The Labute approximate surface area is 199 Å². The SMILES string of the molecule is Cc1ccc(-c2nn(-c3ccccc3)cc2C2C(C#N)=C(N)OC3=C2C(=O)CC(C)(C)C3)cc1. The molecule has 170 valence electrons. The number of carbonyl (C=O) groups excluding carboxylic acids is 1. The summed E-state index contributed by atoms with van der Waals surface area (Å²) >= 11 is 0. The van der Waals surface area contributed by atoms with Crippen LogP contribution < -0.4 is 5.73 Å². The van der Waals surface area contributed by atoms with Crippen LogP contribution in [0.15, 0.2) is 83.6 Å². The molecule has 2 aliphatic rings. The fourth-order valence-corrected chi connectivity index (χ4v) is 4.84. The molecule has 6 nitrogen and oxygen atoms in total. The smallest absolute Gasteiger partial charge is 0.205 e. The van der Waals surface area contributed by atoms with Gasteiger partial charge in [0.2, 0.25) is 5.88 Å². The van der Waals surface area contributed by atoms with E-state index < -0.39 is 5.92 Å². The maximum absolute atomic E-state index is 13.4. The van der Waals surface area contributed by atoms with Gasteiger partial charge in [0.05, 0.1) is 17.3 Å². The molecular formula is C28H26N4O2. The number of para-hydroxylation sites is 1. The molecule has 2 heterocycles. The standard InChI is InChI=1S/C28H26N4O2/c1-17-9-11-18(12-10-17)26-21(16-32(31-26)19-7-5-4-6-8-19)24-20(15-29)27(30)34-23-14-28(2,3)13-22(33)25(23)24/h4-12,16,24H,13-14,30H2,1-3H3. The van der Waals surface area contributed by atoms with Gasteiger partial charge in [0, 0.05) is 35.7 Å². The number of hydrogen-bond acceptors (Lipinski definition) is 5. The Hall–Kier alpha value is -4.11. The number of rotatable bonds is 3. The summed E-state index contributed by atoms with van der Waals surface area (Å²) < 4.78 is 7.67. The van der Waals surface area contributed by atoms with E-state index in [1.807, 2.05) is 81.6 Å². The van der Waals surface area contributed by atoms with Crippen molar-refractivity contribution in [3.8, 4) is 23.0 Å². The Balaban J connectivity index is 1.76. The molecule has 6 heteroatoms. The first-order chi connectivity index (χ1) is 16.3. The molecule has 1 unspecified atom stereocenters. The van der Waals surface area contributed by atoms with Crippen molar-refractivity contribution in [2.45, 2.75) is 39.5 Å². The van der Waals surface area contributed by atoms with Crippen LogP contribution in [-0.2, 0) is 9.53 Å². The predicted molar refractivity (Wildman–Crippen MR) is 129 cm³/mol. The van der Waals surface area contributed by atoms with Crippen molar-refractivity contribution in [1.29, 1.82) is 5.26 Å². The van der Waals surface area contributed by atoms with Crippen LogP contribution in [0.3, 0.4) is 0 Å². The van der Waals surface area contributed by atoms with Crippen molar-refractivity contribution in [2.24, 2.45) is 11.1 Å². The Kier molecular flexibility index (Phi) is 5.13. The highest BCUT2D eigenvalue weighted by Gasteiger charge is 2.44. The monoisotopic (exact) mass is 450 g/mol. The fraction of sp³-hybridized carbons (Fsp3) is 0.250. The van der Waals surface area contributed by atoms with Gasteiger partial charge < -0.3 is 10.5 Å².